The van der Waals surface area contributed by atoms with Gasteiger partial charge in [0, 0.05) is 12.0 Å². The van der Waals surface area contributed by atoms with Crippen LogP contribution >= 0.6 is 0 Å². The van der Waals surface area contributed by atoms with Crippen LogP contribution in [0.4, 0.5) is 0 Å². The van der Waals surface area contributed by atoms with Gasteiger partial charge in [-0.15, -0.1) is 0 Å². The molecule has 2 aliphatic heterocycles. The van der Waals surface area contributed by atoms with Crippen molar-refractivity contribution in [3.63, 3.8) is 0 Å². The molecule has 3 aliphatic rings. The summed E-state index contributed by atoms with van der Waals surface area (Å²) in [4.78, 5) is 24.7. The van der Waals surface area contributed by atoms with E-state index < -0.39 is 41.8 Å². The van der Waals surface area contributed by atoms with E-state index in [9.17, 15) is 14.7 Å². The Morgan fingerprint density at radius 2 is 1.92 bits per heavy atom. The zero-order valence-electron chi connectivity index (χ0n) is 15.7. The summed E-state index contributed by atoms with van der Waals surface area (Å²) in [7, 11) is 0. The standard InChI is InChI=1S/C20H26O6/c1-10-6-14(21)7-11(2)9-16(25-19(23)20(5)13(4)26-20)17-12(3)18(22)24-15(17)8-10/h7-8,13-17,21H,3,6,9H2,1-2,4-5H3/b10-8+,11-7+/t13-,14+,15+,16+,17+,20-/m0/s1. The first kappa shape index (κ1) is 18.9. The maximum absolute atomic E-state index is 12.6. The number of hydrogen-bond acceptors (Lipinski definition) is 6. The number of carbonyl (C=O) groups excluding carboxylic acids is 2. The van der Waals surface area contributed by atoms with Crippen LogP contribution in [0, 0.1) is 5.92 Å². The fraction of sp³-hybridized carbons (Fsp3) is 0.600. The summed E-state index contributed by atoms with van der Waals surface area (Å²) in [6, 6.07) is 0. The molecule has 0 radical (unpaired) electrons. The van der Waals surface area contributed by atoms with Gasteiger partial charge in [-0.2, -0.15) is 0 Å². The smallest absolute Gasteiger partial charge is 0.341 e. The van der Waals surface area contributed by atoms with Crippen LogP contribution in [0.2, 0.25) is 0 Å². The van der Waals surface area contributed by atoms with E-state index in [1.54, 1.807) is 13.0 Å². The predicted octanol–water partition coefficient (Wildman–Crippen LogP) is 2.22. The fourth-order valence-corrected chi connectivity index (χ4v) is 3.68. The van der Waals surface area contributed by atoms with Gasteiger partial charge in [-0.3, -0.25) is 0 Å². The second-order valence-electron chi connectivity index (χ2n) is 7.73. The number of ether oxygens (including phenoxy) is 3. The number of hydrogen-bond donors (Lipinski definition) is 1. The Morgan fingerprint density at radius 3 is 2.54 bits per heavy atom. The highest BCUT2D eigenvalue weighted by Gasteiger charge is 2.58. The third-order valence-electron chi connectivity index (χ3n) is 5.45. The summed E-state index contributed by atoms with van der Waals surface area (Å²) in [6.45, 7) is 11.1. The quantitative estimate of drug-likeness (QED) is 0.351. The summed E-state index contributed by atoms with van der Waals surface area (Å²) in [5.41, 5.74) is 1.14. The van der Waals surface area contributed by atoms with Gasteiger partial charge in [-0.05, 0) is 40.2 Å². The monoisotopic (exact) mass is 362 g/mol. The van der Waals surface area contributed by atoms with Crippen molar-refractivity contribution < 1.29 is 28.9 Å². The van der Waals surface area contributed by atoms with Gasteiger partial charge < -0.3 is 19.3 Å². The lowest BCUT2D eigenvalue weighted by Crippen LogP contribution is -2.37. The van der Waals surface area contributed by atoms with E-state index in [2.05, 4.69) is 6.58 Å². The lowest BCUT2D eigenvalue weighted by Gasteiger charge is -2.28. The topological polar surface area (TPSA) is 85.4 Å². The normalized spacial score (nSPS) is 44.1. The second kappa shape index (κ2) is 6.67. The van der Waals surface area contributed by atoms with Crippen LogP contribution in [0.3, 0.4) is 0 Å². The molecule has 2 heterocycles. The van der Waals surface area contributed by atoms with E-state index in [1.165, 1.54) is 0 Å². The van der Waals surface area contributed by atoms with Gasteiger partial charge in [0.1, 0.15) is 12.2 Å². The maximum Gasteiger partial charge on any atom is 0.341 e. The Balaban J connectivity index is 1.93. The van der Waals surface area contributed by atoms with E-state index in [0.29, 0.717) is 18.4 Å². The third-order valence-corrected chi connectivity index (χ3v) is 5.45. The number of aliphatic hydroxyl groups is 1. The second-order valence-corrected chi connectivity index (χ2v) is 7.73. The van der Waals surface area contributed by atoms with Gasteiger partial charge >= 0.3 is 11.9 Å². The summed E-state index contributed by atoms with van der Waals surface area (Å²) in [5, 5.41) is 10.2. The summed E-state index contributed by atoms with van der Waals surface area (Å²) >= 11 is 0. The molecule has 0 saturated carbocycles. The van der Waals surface area contributed by atoms with Crippen LogP contribution in [-0.4, -0.2) is 47.1 Å². The molecule has 0 spiro atoms. The van der Waals surface area contributed by atoms with Crippen molar-refractivity contribution in [1.29, 1.82) is 0 Å². The van der Waals surface area contributed by atoms with Crippen molar-refractivity contribution in [2.24, 2.45) is 5.92 Å². The average Bonchev–Trinajstić information content (AvgIpc) is 3.04. The molecule has 3 rings (SSSR count). The molecule has 142 valence electrons. The average molecular weight is 362 g/mol. The van der Waals surface area contributed by atoms with Crippen molar-refractivity contribution in [2.75, 3.05) is 0 Å². The Bertz CT molecular complexity index is 705. The lowest BCUT2D eigenvalue weighted by molar-refractivity contribution is -0.157. The van der Waals surface area contributed by atoms with Gasteiger partial charge in [-0.1, -0.05) is 23.8 Å². The minimum Gasteiger partial charge on any atom is -0.459 e. The molecule has 0 aromatic heterocycles. The fourth-order valence-electron chi connectivity index (χ4n) is 3.68. The van der Waals surface area contributed by atoms with Crippen LogP contribution < -0.4 is 0 Å². The Labute approximate surface area is 153 Å². The van der Waals surface area contributed by atoms with Gasteiger partial charge in [-0.25, -0.2) is 9.59 Å². The van der Waals surface area contributed by atoms with Crippen molar-refractivity contribution in [2.45, 2.75) is 70.6 Å². The molecule has 0 amide bonds. The zero-order chi connectivity index (χ0) is 19.2. The molecule has 0 aromatic rings. The van der Waals surface area contributed by atoms with Gasteiger partial charge in [0.25, 0.3) is 0 Å². The first-order chi connectivity index (χ1) is 12.1. The number of fused-ring (bicyclic) bond motifs is 1. The van der Waals surface area contributed by atoms with Gasteiger partial charge in [0.15, 0.2) is 5.60 Å². The predicted molar refractivity (Wildman–Crippen MR) is 94.1 cm³/mol. The Hall–Kier alpha value is -1.92. The summed E-state index contributed by atoms with van der Waals surface area (Å²) in [5.74, 6) is -1.39. The molecule has 2 fully saturated rings. The van der Waals surface area contributed by atoms with E-state index in [-0.39, 0.29) is 6.10 Å². The minimum absolute atomic E-state index is 0.199. The molecule has 6 nitrogen and oxygen atoms in total. The van der Waals surface area contributed by atoms with Crippen LogP contribution in [0.25, 0.3) is 0 Å². The number of carbonyl (C=O) groups is 2. The highest BCUT2D eigenvalue weighted by Crippen LogP contribution is 2.40. The lowest BCUT2D eigenvalue weighted by atomic mass is 9.85. The molecular formula is C20H26O6. The number of esters is 2. The van der Waals surface area contributed by atoms with Crippen molar-refractivity contribution >= 4 is 11.9 Å². The molecule has 1 aliphatic carbocycles. The summed E-state index contributed by atoms with van der Waals surface area (Å²) in [6.07, 6.45) is 2.41. The molecule has 6 heteroatoms. The Morgan fingerprint density at radius 1 is 1.31 bits per heavy atom. The van der Waals surface area contributed by atoms with Crippen molar-refractivity contribution in [3.8, 4) is 0 Å². The highest BCUT2D eigenvalue weighted by atomic mass is 16.7. The van der Waals surface area contributed by atoms with Gasteiger partial charge in [0.05, 0.1) is 18.1 Å². The molecule has 0 bridgehead atoms. The Kier molecular flexibility index (Phi) is 4.84. The van der Waals surface area contributed by atoms with Crippen LogP contribution in [0.15, 0.2) is 35.5 Å². The molecule has 0 unspecified atom stereocenters. The number of aliphatic hydroxyl groups excluding tert-OH is 1. The van der Waals surface area contributed by atoms with Crippen LogP contribution in [0.1, 0.15) is 40.5 Å². The summed E-state index contributed by atoms with van der Waals surface area (Å²) < 4.78 is 16.6. The first-order valence-electron chi connectivity index (χ1n) is 8.93. The first-order valence-corrected chi connectivity index (χ1v) is 8.93. The van der Waals surface area contributed by atoms with E-state index in [0.717, 1.165) is 11.1 Å². The SMILES string of the molecule is C=C1C(=O)O[C@@H]2/C=C(\C)C[C@@H](O)/C=C(\C)C[C@@H](OC(=O)[C@@]3(C)O[C@H]3C)[C@H]12. The highest BCUT2D eigenvalue weighted by molar-refractivity contribution is 5.91. The molecule has 6 atom stereocenters. The molecule has 0 aromatic carbocycles. The molecule has 1 N–H and O–H groups in total. The van der Waals surface area contributed by atoms with Crippen LogP contribution in [0.5, 0.6) is 0 Å². The molecular weight excluding hydrogens is 336 g/mol. The van der Waals surface area contributed by atoms with Crippen molar-refractivity contribution in [1.82, 2.24) is 0 Å². The number of epoxide rings is 1. The maximum atomic E-state index is 12.6. The van der Waals surface area contributed by atoms with Crippen LogP contribution in [-0.2, 0) is 23.8 Å². The molecule has 26 heavy (non-hydrogen) atoms. The van der Waals surface area contributed by atoms with E-state index >= 15 is 0 Å². The van der Waals surface area contributed by atoms with Crippen molar-refractivity contribution in [3.05, 3.63) is 35.5 Å². The zero-order valence-corrected chi connectivity index (χ0v) is 15.7. The number of rotatable bonds is 2. The largest absolute Gasteiger partial charge is 0.459 e. The minimum atomic E-state index is -0.946. The van der Waals surface area contributed by atoms with E-state index in [4.69, 9.17) is 14.2 Å². The van der Waals surface area contributed by atoms with E-state index in [1.807, 2.05) is 26.8 Å². The third kappa shape index (κ3) is 3.48. The molecule has 2 saturated heterocycles. The van der Waals surface area contributed by atoms with Gasteiger partial charge in [0.2, 0.25) is 0 Å².